The number of para-hydroxylation sites is 1. The van der Waals surface area contributed by atoms with Crippen molar-refractivity contribution in [3.8, 4) is 11.4 Å². The van der Waals surface area contributed by atoms with Gasteiger partial charge in [-0.05, 0) is 56.0 Å². The van der Waals surface area contributed by atoms with Gasteiger partial charge in [0.2, 0.25) is 5.91 Å². The Labute approximate surface area is 244 Å². The van der Waals surface area contributed by atoms with Gasteiger partial charge in [-0.15, -0.1) is 11.6 Å². The Morgan fingerprint density at radius 1 is 1.20 bits per heavy atom. The SMILES string of the molecule is C=CC(=O)N1CCN(c2nc(=O)n(-c3c(CC)cccc3CC)c(N=C(CCl)c3c(O)cccc3F)c2C)C(C)C1. The highest BCUT2D eigenvalue weighted by Gasteiger charge is 2.30. The highest BCUT2D eigenvalue weighted by Crippen LogP contribution is 2.34. The number of aromatic nitrogens is 2. The molecule has 1 saturated heterocycles. The number of piperazine rings is 1. The number of amides is 1. The van der Waals surface area contributed by atoms with Gasteiger partial charge in [-0.25, -0.2) is 18.7 Å². The third kappa shape index (κ3) is 5.77. The summed E-state index contributed by atoms with van der Waals surface area (Å²) in [5.41, 5.74) is 2.56. The highest BCUT2D eigenvalue weighted by molar-refractivity contribution is 6.32. The van der Waals surface area contributed by atoms with Gasteiger partial charge in [0, 0.05) is 31.2 Å². The molecule has 1 unspecified atom stereocenters. The molecule has 41 heavy (non-hydrogen) atoms. The van der Waals surface area contributed by atoms with E-state index in [4.69, 9.17) is 16.6 Å². The molecular formula is C31H35ClFN5O3. The highest BCUT2D eigenvalue weighted by atomic mass is 35.5. The number of carbonyl (C=O) groups is 1. The lowest BCUT2D eigenvalue weighted by molar-refractivity contribution is -0.126. The first-order valence-corrected chi connectivity index (χ1v) is 14.2. The summed E-state index contributed by atoms with van der Waals surface area (Å²) >= 11 is 6.31. The van der Waals surface area contributed by atoms with Crippen LogP contribution in [0, 0.1) is 12.7 Å². The summed E-state index contributed by atoms with van der Waals surface area (Å²) in [5.74, 6) is -0.654. The number of aromatic hydroxyl groups is 1. The number of rotatable bonds is 8. The first-order chi connectivity index (χ1) is 19.7. The maximum atomic E-state index is 15.0. The minimum atomic E-state index is -0.676. The maximum absolute atomic E-state index is 15.0. The van der Waals surface area contributed by atoms with E-state index in [9.17, 15) is 19.1 Å². The number of carbonyl (C=O) groups excluding carboxylic acids is 1. The van der Waals surface area contributed by atoms with Gasteiger partial charge in [-0.2, -0.15) is 4.98 Å². The van der Waals surface area contributed by atoms with Crippen molar-refractivity contribution in [2.24, 2.45) is 4.99 Å². The average Bonchev–Trinajstić information content (AvgIpc) is 2.97. The van der Waals surface area contributed by atoms with E-state index < -0.39 is 11.5 Å². The number of hydrogen-bond acceptors (Lipinski definition) is 6. The molecule has 216 valence electrons. The summed E-state index contributed by atoms with van der Waals surface area (Å²) in [5, 5.41) is 10.5. The third-order valence-corrected chi connectivity index (χ3v) is 7.75. The Bertz CT molecular complexity index is 1530. The van der Waals surface area contributed by atoms with Crippen molar-refractivity contribution < 1.29 is 14.3 Å². The van der Waals surface area contributed by atoms with Crippen molar-refractivity contribution in [3.63, 3.8) is 0 Å². The summed E-state index contributed by atoms with van der Waals surface area (Å²) < 4.78 is 16.4. The number of hydrogen-bond donors (Lipinski definition) is 1. The minimum absolute atomic E-state index is 0.0807. The molecular weight excluding hydrogens is 545 g/mol. The molecule has 1 fully saturated rings. The monoisotopic (exact) mass is 579 g/mol. The summed E-state index contributed by atoms with van der Waals surface area (Å²) in [6.07, 6.45) is 2.61. The maximum Gasteiger partial charge on any atom is 0.355 e. The molecule has 4 rings (SSSR count). The lowest BCUT2D eigenvalue weighted by atomic mass is 10.0. The van der Waals surface area contributed by atoms with Gasteiger partial charge < -0.3 is 14.9 Å². The molecule has 8 nitrogen and oxygen atoms in total. The van der Waals surface area contributed by atoms with E-state index in [0.29, 0.717) is 49.5 Å². The second kappa shape index (κ2) is 12.7. The number of halogens is 2. The van der Waals surface area contributed by atoms with E-state index in [1.807, 2.05) is 50.8 Å². The number of alkyl halides is 1. The van der Waals surface area contributed by atoms with Crippen molar-refractivity contribution in [2.45, 2.75) is 46.6 Å². The Morgan fingerprint density at radius 3 is 2.41 bits per heavy atom. The molecule has 0 saturated carbocycles. The minimum Gasteiger partial charge on any atom is -0.507 e. The fourth-order valence-corrected chi connectivity index (χ4v) is 5.57. The van der Waals surface area contributed by atoms with Crippen LogP contribution in [0.5, 0.6) is 5.75 Å². The number of anilines is 1. The number of benzene rings is 2. The van der Waals surface area contributed by atoms with Crippen molar-refractivity contribution in [1.82, 2.24) is 14.5 Å². The third-order valence-electron chi connectivity index (χ3n) is 7.50. The van der Waals surface area contributed by atoms with Crippen LogP contribution in [-0.2, 0) is 17.6 Å². The molecule has 1 aromatic heterocycles. The first-order valence-electron chi connectivity index (χ1n) is 13.7. The summed E-state index contributed by atoms with van der Waals surface area (Å²) in [7, 11) is 0. The second-order valence-electron chi connectivity index (χ2n) is 9.99. The second-order valence-corrected chi connectivity index (χ2v) is 10.3. The molecule has 0 spiro atoms. The van der Waals surface area contributed by atoms with Crippen LogP contribution in [0.3, 0.4) is 0 Å². The van der Waals surface area contributed by atoms with Crippen LogP contribution in [-0.4, -0.2) is 62.7 Å². The van der Waals surface area contributed by atoms with Crippen LogP contribution in [0.25, 0.3) is 5.69 Å². The predicted octanol–water partition coefficient (Wildman–Crippen LogP) is 5.09. The summed E-state index contributed by atoms with van der Waals surface area (Å²) in [6, 6.07) is 9.71. The Balaban J connectivity index is 2.02. The van der Waals surface area contributed by atoms with Crippen molar-refractivity contribution in [3.05, 3.63) is 87.6 Å². The molecule has 2 heterocycles. The fraction of sp³-hybridized carbons (Fsp3) is 0.355. The Kier molecular flexibility index (Phi) is 9.28. The van der Waals surface area contributed by atoms with Gasteiger partial charge in [-0.3, -0.25) is 4.79 Å². The van der Waals surface area contributed by atoms with Gasteiger partial charge in [-0.1, -0.05) is 44.7 Å². The lowest BCUT2D eigenvalue weighted by Gasteiger charge is -2.40. The quantitative estimate of drug-likeness (QED) is 0.228. The normalized spacial score (nSPS) is 15.8. The standard InChI is InChI=1S/C31H35ClFN5O3/c1-6-21-11-9-12-22(7-2)28(21)38-30(34-24(17-32)27-23(33)13-10-14-25(27)39)20(5)29(35-31(38)41)37-16-15-36(18-19(37)4)26(40)8-3/h8-14,19,39H,3,6-7,15-18H2,1-2,4-5H3. The molecule has 1 N–H and O–H groups in total. The number of phenolic OH excluding ortho intramolecular Hbond substituents is 1. The molecule has 10 heteroatoms. The van der Waals surface area contributed by atoms with E-state index in [2.05, 4.69) is 11.6 Å². The zero-order chi connectivity index (χ0) is 29.8. The van der Waals surface area contributed by atoms with E-state index in [1.54, 1.807) is 4.90 Å². The molecule has 1 aliphatic heterocycles. The van der Waals surface area contributed by atoms with Crippen LogP contribution in [0.1, 0.15) is 43.0 Å². The van der Waals surface area contributed by atoms with Crippen LogP contribution in [0.2, 0.25) is 0 Å². The topological polar surface area (TPSA) is 91.0 Å². The number of aryl methyl sites for hydroxylation is 2. The van der Waals surface area contributed by atoms with E-state index in [-0.39, 0.29) is 40.7 Å². The summed E-state index contributed by atoms with van der Waals surface area (Å²) in [4.78, 5) is 39.3. The molecule has 0 radical (unpaired) electrons. The van der Waals surface area contributed by atoms with E-state index in [0.717, 1.165) is 11.1 Å². The van der Waals surface area contributed by atoms with E-state index in [1.165, 1.54) is 28.8 Å². The van der Waals surface area contributed by atoms with Crippen LogP contribution in [0.15, 0.2) is 58.8 Å². The molecule has 1 aliphatic rings. The molecule has 2 aromatic carbocycles. The average molecular weight is 580 g/mol. The van der Waals surface area contributed by atoms with Crippen molar-refractivity contribution in [2.75, 3.05) is 30.4 Å². The number of phenols is 1. The molecule has 1 atom stereocenters. The van der Waals surface area contributed by atoms with Crippen LogP contribution in [0.4, 0.5) is 16.0 Å². The zero-order valence-electron chi connectivity index (χ0n) is 23.8. The zero-order valence-corrected chi connectivity index (χ0v) is 24.6. The van der Waals surface area contributed by atoms with Gasteiger partial charge in [0.05, 0.1) is 22.8 Å². The van der Waals surface area contributed by atoms with E-state index >= 15 is 0 Å². The molecule has 3 aromatic rings. The number of nitrogens with zero attached hydrogens (tertiary/aromatic N) is 5. The lowest BCUT2D eigenvalue weighted by Crippen LogP contribution is -2.54. The van der Waals surface area contributed by atoms with Crippen LogP contribution < -0.4 is 10.6 Å². The van der Waals surface area contributed by atoms with Crippen molar-refractivity contribution in [1.29, 1.82) is 0 Å². The summed E-state index contributed by atoms with van der Waals surface area (Å²) in [6.45, 7) is 12.7. The van der Waals surface area contributed by atoms with Crippen LogP contribution >= 0.6 is 11.6 Å². The molecule has 1 amide bonds. The predicted molar refractivity (Wildman–Crippen MR) is 162 cm³/mol. The van der Waals surface area contributed by atoms with Gasteiger partial charge in [0.25, 0.3) is 0 Å². The Hall–Kier alpha value is -3.98. The smallest absolute Gasteiger partial charge is 0.355 e. The number of aliphatic imine (C=N–C) groups is 1. The van der Waals surface area contributed by atoms with Crippen molar-refractivity contribution >= 4 is 34.9 Å². The largest absolute Gasteiger partial charge is 0.507 e. The van der Waals surface area contributed by atoms with Gasteiger partial charge >= 0.3 is 5.69 Å². The fourth-order valence-electron chi connectivity index (χ4n) is 5.38. The Morgan fingerprint density at radius 2 is 1.85 bits per heavy atom. The molecule has 0 aliphatic carbocycles. The van der Waals surface area contributed by atoms with Gasteiger partial charge in [0.15, 0.2) is 0 Å². The molecule has 0 bridgehead atoms. The van der Waals surface area contributed by atoms with Gasteiger partial charge in [0.1, 0.15) is 23.2 Å². The first kappa shape index (κ1) is 30.0.